The number of nitrogens with zero attached hydrogens (tertiary/aromatic N) is 2. The van der Waals surface area contributed by atoms with E-state index >= 15 is 0 Å². The summed E-state index contributed by atoms with van der Waals surface area (Å²) in [6, 6.07) is 13.6. The van der Waals surface area contributed by atoms with Gasteiger partial charge in [0.1, 0.15) is 17.1 Å². The van der Waals surface area contributed by atoms with Crippen LogP contribution in [0.5, 0.6) is 63.2 Å². The summed E-state index contributed by atoms with van der Waals surface area (Å²) < 4.78 is 75.7. The number of carbonyl (C=O) groups excluding carboxylic acids is 2. The van der Waals surface area contributed by atoms with E-state index in [9.17, 15) is 9.59 Å². The number of likely N-dealkylation sites (N-methyl/N-ethyl adjacent to an activating group) is 2. The summed E-state index contributed by atoms with van der Waals surface area (Å²) >= 11 is 6.38. The lowest BCUT2D eigenvalue weighted by atomic mass is 9.85. The van der Waals surface area contributed by atoms with Crippen LogP contribution in [0.3, 0.4) is 0 Å². The summed E-state index contributed by atoms with van der Waals surface area (Å²) in [5, 5.41) is -0.378. The van der Waals surface area contributed by atoms with Crippen molar-refractivity contribution in [2.45, 2.75) is 44.2 Å². The van der Waals surface area contributed by atoms with Gasteiger partial charge in [-0.3, -0.25) is 0 Å². The second-order valence-corrected chi connectivity index (χ2v) is 18.5. The van der Waals surface area contributed by atoms with Crippen molar-refractivity contribution in [1.29, 1.82) is 0 Å². The Morgan fingerprint density at radius 3 is 1.51 bits per heavy atom. The zero-order valence-corrected chi connectivity index (χ0v) is 47.0. The fourth-order valence-electron chi connectivity index (χ4n) is 10.5. The molecule has 20 heteroatoms. The number of benzene rings is 4. The first-order chi connectivity index (χ1) is 34.6. The highest BCUT2D eigenvalue weighted by molar-refractivity contribution is 6.42. The molecule has 0 saturated heterocycles. The Labute approximate surface area is 452 Å². The van der Waals surface area contributed by atoms with Gasteiger partial charge in [0, 0.05) is 49.3 Å². The number of rotatable bonds is 24. The number of quaternary nitrogens is 2. The van der Waals surface area contributed by atoms with Gasteiger partial charge in [0.15, 0.2) is 46.0 Å². The number of hydrogen-bond acceptors (Lipinski definition) is 15. The van der Waals surface area contributed by atoms with Gasteiger partial charge in [-0.2, -0.15) is 0 Å². The Kier molecular flexibility index (Phi) is 22.2. The first-order valence-electron chi connectivity index (χ1n) is 23.7. The highest BCUT2D eigenvalue weighted by atomic mass is 35.5. The van der Waals surface area contributed by atoms with Crippen LogP contribution in [0.15, 0.2) is 53.6 Å². The van der Waals surface area contributed by atoms with E-state index < -0.39 is 11.9 Å². The number of halogens is 3. The highest BCUT2D eigenvalue weighted by Gasteiger charge is 2.44. The predicted octanol–water partition coefficient (Wildman–Crippen LogP) is 1.86. The third-order valence-corrected chi connectivity index (χ3v) is 14.4. The number of carbonyl (C=O) groups is 2. The van der Waals surface area contributed by atoms with Gasteiger partial charge in [-0.25, -0.2) is 9.59 Å². The smallest absolute Gasteiger partial charge is 0.350 e. The molecule has 0 unspecified atom stereocenters. The van der Waals surface area contributed by atoms with Gasteiger partial charge in [-0.15, -0.1) is 0 Å². The van der Waals surface area contributed by atoms with Gasteiger partial charge in [-0.05, 0) is 59.2 Å². The molecule has 0 saturated carbocycles. The van der Waals surface area contributed by atoms with Gasteiger partial charge in [-0.1, -0.05) is 11.6 Å². The van der Waals surface area contributed by atoms with E-state index in [1.165, 1.54) is 0 Å². The van der Waals surface area contributed by atoms with Crippen molar-refractivity contribution in [2.24, 2.45) is 0 Å². The largest absolute Gasteiger partial charge is 1.00 e. The maximum atomic E-state index is 13.2. The third kappa shape index (κ3) is 12.8. The third-order valence-electron chi connectivity index (χ3n) is 14.1. The Bertz CT molecular complexity index is 2560. The molecule has 2 aliphatic rings. The van der Waals surface area contributed by atoms with Crippen molar-refractivity contribution in [3.63, 3.8) is 0 Å². The first-order valence-corrected chi connectivity index (χ1v) is 24.1. The molecule has 4 aromatic carbocycles. The first kappa shape index (κ1) is 60.7. The van der Waals surface area contributed by atoms with Crippen molar-refractivity contribution in [3.05, 3.63) is 87.0 Å². The molecule has 0 radical (unpaired) electrons. The molecule has 0 spiro atoms. The summed E-state index contributed by atoms with van der Waals surface area (Å²) in [5.74, 6) is 4.54. The number of hydrogen-bond donors (Lipinski definition) is 0. The molecule has 0 aromatic heterocycles. The molecule has 0 fully saturated rings. The van der Waals surface area contributed by atoms with Crippen molar-refractivity contribution >= 4 is 23.5 Å². The summed E-state index contributed by atoms with van der Waals surface area (Å²) in [4.78, 5) is 26.3. The maximum Gasteiger partial charge on any atom is 0.350 e. The second kappa shape index (κ2) is 27.1. The standard InChI is InChI=1S/C54H71ClN2O15.2ClH/c1-56(20-17-35-28-46(66-9)52(69-12)53(70-13)48(35)39(56)24-33-25-42(62-5)50(67-10)43(26-33)63-6)18-14-22-71-47(58)32-38(55)54(59)72-23-15-19-57(2)21-16-34-27-40(60-3)41(61-4)31-37(34)49(57)36-29-44(64-7)51(68-11)45(30-36)65-8;;/h25-32,39,49H,14-24H2,1-13H3;2*1H/q+2;;/p-2/b38-32-;;/t39-,49+,56-,57+;;/m1../s1. The number of methoxy groups -OCH3 is 11. The number of esters is 2. The molecule has 6 rings (SSSR count). The van der Waals surface area contributed by atoms with Gasteiger partial charge >= 0.3 is 11.9 Å². The van der Waals surface area contributed by atoms with Crippen molar-refractivity contribution in [3.8, 4) is 63.2 Å². The van der Waals surface area contributed by atoms with Crippen molar-refractivity contribution in [2.75, 3.05) is 132 Å². The maximum absolute atomic E-state index is 13.2. The average molecular weight is 1090 g/mol. The fraction of sp³-hybridized carbons (Fsp3) is 0.481. The molecule has 0 N–H and O–H groups in total. The zero-order valence-electron chi connectivity index (χ0n) is 44.7. The van der Waals surface area contributed by atoms with Gasteiger partial charge in [0.05, 0.1) is 137 Å². The van der Waals surface area contributed by atoms with E-state index in [4.69, 9.17) is 73.2 Å². The summed E-state index contributed by atoms with van der Waals surface area (Å²) in [5.41, 5.74) is 6.18. The number of fused-ring (bicyclic) bond motifs is 2. The van der Waals surface area contributed by atoms with Crippen LogP contribution in [0.2, 0.25) is 0 Å². The molecule has 4 aromatic rings. The second-order valence-electron chi connectivity index (χ2n) is 18.1. The Balaban J connectivity index is 0.00000593. The van der Waals surface area contributed by atoms with Crippen LogP contribution in [0.1, 0.15) is 58.3 Å². The van der Waals surface area contributed by atoms with Crippen LogP contribution in [-0.4, -0.2) is 153 Å². The van der Waals surface area contributed by atoms with Gasteiger partial charge in [0.2, 0.25) is 17.2 Å². The van der Waals surface area contributed by atoms with E-state index in [1.54, 1.807) is 78.2 Å². The highest BCUT2D eigenvalue weighted by Crippen LogP contribution is 2.52. The monoisotopic (exact) mass is 1090 g/mol. The molecule has 2 heterocycles. The molecular weight excluding hydrogens is 1020 g/mol. The van der Waals surface area contributed by atoms with Gasteiger partial charge < -0.3 is 95.4 Å². The molecule has 0 amide bonds. The Hall–Kier alpha value is -5.85. The molecule has 17 nitrogen and oxygen atoms in total. The van der Waals surface area contributed by atoms with E-state index in [0.717, 1.165) is 65.4 Å². The molecule has 74 heavy (non-hydrogen) atoms. The lowest BCUT2D eigenvalue weighted by molar-refractivity contribution is -0.941. The topological polar surface area (TPSA) is 154 Å². The van der Waals surface area contributed by atoms with Crippen LogP contribution in [0.25, 0.3) is 0 Å². The molecule has 0 aliphatic carbocycles. The Morgan fingerprint density at radius 1 is 0.541 bits per heavy atom. The quantitative estimate of drug-likeness (QED) is 0.0434. The van der Waals surface area contributed by atoms with Gasteiger partial charge in [0.25, 0.3) is 0 Å². The predicted molar refractivity (Wildman–Crippen MR) is 270 cm³/mol. The minimum absolute atomic E-state index is 0. The van der Waals surface area contributed by atoms with Crippen molar-refractivity contribution in [1.82, 2.24) is 0 Å². The van der Waals surface area contributed by atoms with E-state index in [1.807, 2.05) is 42.5 Å². The van der Waals surface area contributed by atoms with E-state index in [2.05, 4.69) is 14.1 Å². The Morgan fingerprint density at radius 2 is 0.986 bits per heavy atom. The minimum Gasteiger partial charge on any atom is -1.00 e. The normalized spacial score (nSPS) is 18.6. The molecule has 0 bridgehead atoms. The van der Waals surface area contributed by atoms with Crippen LogP contribution >= 0.6 is 11.6 Å². The molecule has 2 aliphatic heterocycles. The van der Waals surface area contributed by atoms with Crippen LogP contribution in [0.4, 0.5) is 0 Å². The van der Waals surface area contributed by atoms with E-state index in [0.29, 0.717) is 105 Å². The average Bonchev–Trinajstić information content (AvgIpc) is 3.39. The summed E-state index contributed by atoms with van der Waals surface area (Å²) in [7, 11) is 21.9. The summed E-state index contributed by atoms with van der Waals surface area (Å²) in [6.45, 7) is 2.93. The zero-order chi connectivity index (χ0) is 52.3. The lowest BCUT2D eigenvalue weighted by Crippen LogP contribution is -3.00. The molecule has 408 valence electrons. The molecule has 4 atom stereocenters. The number of ether oxygens (including phenoxy) is 13. The molecular formula is C54H71Cl3N2O15. The minimum atomic E-state index is -0.820. The SMILES string of the molecule is COc1cc2c(cc1OC)[C@H](c1cc(OC)c(OC)c(OC)c1)[N@@+](C)(CCCOC(=O)/C(Cl)=C/C(=O)OCCC[N@+]1(C)CCc3cc(OC)c(OC)c(OC)c3[C@H]1Cc1cc(OC)c(OC)c(OC)c1)CC2.[Cl-].[Cl-]. The van der Waals surface area contributed by atoms with Crippen LogP contribution < -0.4 is 76.9 Å². The van der Waals surface area contributed by atoms with Crippen LogP contribution in [-0.2, 0) is 38.3 Å². The lowest BCUT2D eigenvalue weighted by Gasteiger charge is -2.46. The summed E-state index contributed by atoms with van der Waals surface area (Å²) in [6.07, 6.45) is 4.04. The van der Waals surface area contributed by atoms with E-state index in [-0.39, 0.29) is 55.1 Å². The van der Waals surface area contributed by atoms with Crippen molar-refractivity contribution < 1.29 is 105 Å². The van der Waals surface area contributed by atoms with Crippen LogP contribution in [0, 0.1) is 0 Å². The fourth-order valence-corrected chi connectivity index (χ4v) is 10.6.